The fourth-order valence-corrected chi connectivity index (χ4v) is 0.423. The number of rotatable bonds is 3. The smallest absolute Gasteiger partial charge is 0.305 e. The van der Waals surface area contributed by atoms with Gasteiger partial charge in [-0.2, -0.15) is 0 Å². The van der Waals surface area contributed by atoms with Gasteiger partial charge in [-0.3, -0.25) is 4.79 Å². The highest BCUT2D eigenvalue weighted by atomic mass is 16.5. The first-order chi connectivity index (χ1) is 5.54. The predicted molar refractivity (Wildman–Crippen MR) is 51.2 cm³/mol. The molecule has 0 spiro atoms. The van der Waals surface area contributed by atoms with Crippen LogP contribution >= 0.6 is 0 Å². The molecule has 0 aromatic heterocycles. The second-order valence-electron chi connectivity index (χ2n) is 3.02. The van der Waals surface area contributed by atoms with E-state index in [4.69, 9.17) is 0 Å². The van der Waals surface area contributed by atoms with E-state index in [1.807, 2.05) is 33.0 Å². The summed E-state index contributed by atoms with van der Waals surface area (Å²) in [6, 6.07) is 0. The molecule has 0 aromatic rings. The van der Waals surface area contributed by atoms with Gasteiger partial charge in [0.2, 0.25) is 0 Å². The van der Waals surface area contributed by atoms with Crippen LogP contribution in [0.5, 0.6) is 0 Å². The molecule has 0 bridgehead atoms. The number of hydrogen-bond donors (Lipinski definition) is 0. The minimum absolute atomic E-state index is 0.105. The van der Waals surface area contributed by atoms with Crippen LogP contribution in [0.2, 0.25) is 0 Å². The number of nitrogens with zero attached hydrogens (tertiary/aromatic N) is 1. The molecular weight excluding hydrogens is 154 g/mol. The van der Waals surface area contributed by atoms with E-state index >= 15 is 0 Å². The van der Waals surface area contributed by atoms with Crippen molar-refractivity contribution in [1.82, 2.24) is 4.90 Å². The molecule has 74 valence electrons. The van der Waals surface area contributed by atoms with Crippen molar-refractivity contribution < 1.29 is 9.53 Å². The summed E-state index contributed by atoms with van der Waals surface area (Å²) in [5.41, 5.74) is 0. The van der Waals surface area contributed by atoms with E-state index in [0.29, 0.717) is 6.42 Å². The van der Waals surface area contributed by atoms with Gasteiger partial charge < -0.3 is 9.64 Å². The highest BCUT2D eigenvalue weighted by molar-refractivity contribution is 5.68. The van der Waals surface area contributed by atoms with Crippen molar-refractivity contribution in [2.45, 2.75) is 26.2 Å². The summed E-state index contributed by atoms with van der Waals surface area (Å²) >= 11 is 0. The Kier molecular flexibility index (Phi) is 12.2. The van der Waals surface area contributed by atoms with E-state index in [2.05, 4.69) is 4.74 Å². The van der Waals surface area contributed by atoms with Crippen molar-refractivity contribution in [3.05, 3.63) is 0 Å². The van der Waals surface area contributed by atoms with Gasteiger partial charge in [-0.05, 0) is 27.6 Å². The lowest BCUT2D eigenvalue weighted by atomic mass is 10.3. The van der Waals surface area contributed by atoms with Crippen molar-refractivity contribution in [1.29, 1.82) is 0 Å². The second-order valence-corrected chi connectivity index (χ2v) is 3.02. The van der Waals surface area contributed by atoms with Gasteiger partial charge in [-0.25, -0.2) is 0 Å². The summed E-state index contributed by atoms with van der Waals surface area (Å²) in [5.74, 6) is -0.105. The van der Waals surface area contributed by atoms with Crippen molar-refractivity contribution >= 4 is 5.97 Å². The lowest BCUT2D eigenvalue weighted by Gasteiger charge is -1.93. The topological polar surface area (TPSA) is 29.5 Å². The standard InChI is InChI=1S/C6H12O2.C3H9N/c1-3-4-5-6(7)8-2;1-4(2)3/h3-5H2,1-2H3;1-3H3. The number of methoxy groups -OCH3 is 1. The van der Waals surface area contributed by atoms with Crippen LogP contribution in [0.3, 0.4) is 0 Å². The minimum atomic E-state index is -0.105. The number of esters is 1. The molecule has 0 radical (unpaired) electrons. The highest BCUT2D eigenvalue weighted by Gasteiger charge is 1.95. The Morgan fingerprint density at radius 1 is 1.33 bits per heavy atom. The van der Waals surface area contributed by atoms with Crippen LogP contribution in [0, 0.1) is 0 Å². The van der Waals surface area contributed by atoms with Crippen LogP contribution in [-0.2, 0) is 9.53 Å². The van der Waals surface area contributed by atoms with Crippen LogP contribution in [0.4, 0.5) is 0 Å². The van der Waals surface area contributed by atoms with Gasteiger partial charge in [-0.15, -0.1) is 0 Å². The van der Waals surface area contributed by atoms with Crippen LogP contribution in [-0.4, -0.2) is 39.1 Å². The molecule has 0 N–H and O–H groups in total. The highest BCUT2D eigenvalue weighted by Crippen LogP contribution is 1.94. The largest absolute Gasteiger partial charge is 0.469 e. The van der Waals surface area contributed by atoms with Crippen LogP contribution < -0.4 is 0 Å². The van der Waals surface area contributed by atoms with Gasteiger partial charge >= 0.3 is 5.97 Å². The quantitative estimate of drug-likeness (QED) is 0.609. The SMILES string of the molecule is CCCCC(=O)OC.CN(C)C. The molecule has 0 amide bonds. The predicted octanol–water partition coefficient (Wildman–Crippen LogP) is 1.53. The zero-order valence-electron chi connectivity index (χ0n) is 8.89. The van der Waals surface area contributed by atoms with E-state index in [9.17, 15) is 4.79 Å². The van der Waals surface area contributed by atoms with Crippen molar-refractivity contribution in [2.75, 3.05) is 28.3 Å². The Morgan fingerprint density at radius 3 is 2.00 bits per heavy atom. The molecule has 0 rings (SSSR count). The molecule has 0 heterocycles. The maximum absolute atomic E-state index is 10.3. The summed E-state index contributed by atoms with van der Waals surface area (Å²) in [6.07, 6.45) is 2.55. The molecular formula is C9H21NO2. The number of hydrogen-bond acceptors (Lipinski definition) is 3. The summed E-state index contributed by atoms with van der Waals surface area (Å²) in [6.45, 7) is 2.04. The number of carbonyl (C=O) groups excluding carboxylic acids is 1. The number of ether oxygens (including phenoxy) is 1. The monoisotopic (exact) mass is 175 g/mol. The third-order valence-electron chi connectivity index (χ3n) is 0.962. The normalized spacial score (nSPS) is 8.83. The first-order valence-electron chi connectivity index (χ1n) is 4.22. The molecule has 0 atom stereocenters. The Balaban J connectivity index is 0. The van der Waals surface area contributed by atoms with E-state index < -0.39 is 0 Å². The molecule has 0 saturated carbocycles. The zero-order chi connectivity index (χ0) is 9.98. The third-order valence-corrected chi connectivity index (χ3v) is 0.962. The van der Waals surface area contributed by atoms with Gasteiger partial charge in [-0.1, -0.05) is 13.3 Å². The summed E-state index contributed by atoms with van der Waals surface area (Å²) in [4.78, 5) is 12.3. The Bertz CT molecular complexity index is 99.9. The molecule has 0 aliphatic rings. The van der Waals surface area contributed by atoms with Crippen LogP contribution in [0.1, 0.15) is 26.2 Å². The summed E-state index contributed by atoms with van der Waals surface area (Å²) < 4.78 is 4.41. The van der Waals surface area contributed by atoms with Crippen LogP contribution in [0.15, 0.2) is 0 Å². The Hall–Kier alpha value is -0.570. The number of unbranched alkanes of at least 4 members (excludes halogenated alkanes) is 1. The van der Waals surface area contributed by atoms with E-state index in [0.717, 1.165) is 12.8 Å². The second kappa shape index (κ2) is 10.4. The summed E-state index contributed by atoms with van der Waals surface area (Å²) in [7, 11) is 7.41. The molecule has 0 aromatic carbocycles. The molecule has 0 aliphatic heterocycles. The first kappa shape index (κ1) is 14.0. The van der Waals surface area contributed by atoms with Gasteiger partial charge in [0.1, 0.15) is 0 Å². The van der Waals surface area contributed by atoms with Crippen molar-refractivity contribution in [2.24, 2.45) is 0 Å². The molecule has 0 unspecified atom stereocenters. The average Bonchev–Trinajstić information content (AvgIpc) is 1.99. The lowest BCUT2D eigenvalue weighted by Crippen LogP contribution is -1.99. The molecule has 3 heteroatoms. The Labute approximate surface area is 75.7 Å². The van der Waals surface area contributed by atoms with Crippen LogP contribution in [0.25, 0.3) is 0 Å². The fraction of sp³-hybridized carbons (Fsp3) is 0.889. The third kappa shape index (κ3) is 22.7. The maximum atomic E-state index is 10.3. The van der Waals surface area contributed by atoms with Crippen molar-refractivity contribution in [3.63, 3.8) is 0 Å². The lowest BCUT2D eigenvalue weighted by molar-refractivity contribution is -0.140. The van der Waals surface area contributed by atoms with Gasteiger partial charge in [0, 0.05) is 6.42 Å². The van der Waals surface area contributed by atoms with E-state index in [-0.39, 0.29) is 5.97 Å². The fourth-order valence-electron chi connectivity index (χ4n) is 0.423. The van der Waals surface area contributed by atoms with Gasteiger partial charge in [0.05, 0.1) is 7.11 Å². The Morgan fingerprint density at radius 2 is 1.75 bits per heavy atom. The van der Waals surface area contributed by atoms with E-state index in [1.165, 1.54) is 7.11 Å². The average molecular weight is 175 g/mol. The molecule has 3 nitrogen and oxygen atoms in total. The molecule has 12 heavy (non-hydrogen) atoms. The van der Waals surface area contributed by atoms with Gasteiger partial charge in [0.25, 0.3) is 0 Å². The summed E-state index contributed by atoms with van der Waals surface area (Å²) in [5, 5.41) is 0. The first-order valence-corrected chi connectivity index (χ1v) is 4.22. The maximum Gasteiger partial charge on any atom is 0.305 e. The molecule has 0 saturated heterocycles. The minimum Gasteiger partial charge on any atom is -0.469 e. The molecule has 0 fully saturated rings. The number of carbonyl (C=O) groups is 1. The van der Waals surface area contributed by atoms with Gasteiger partial charge in [0.15, 0.2) is 0 Å². The van der Waals surface area contributed by atoms with Crippen molar-refractivity contribution in [3.8, 4) is 0 Å². The zero-order valence-corrected chi connectivity index (χ0v) is 8.89. The molecule has 0 aliphatic carbocycles. The van der Waals surface area contributed by atoms with E-state index in [1.54, 1.807) is 0 Å².